The molecule has 0 saturated carbocycles. The molecule has 0 aliphatic rings. The molecule has 74 valence electrons. The summed E-state index contributed by atoms with van der Waals surface area (Å²) in [5.74, 6) is 0. The lowest BCUT2D eigenvalue weighted by atomic mass is 10.0. The van der Waals surface area contributed by atoms with Gasteiger partial charge in [0.2, 0.25) is 0 Å². The Morgan fingerprint density at radius 3 is 2.57 bits per heavy atom. The highest BCUT2D eigenvalue weighted by Gasteiger charge is 2.13. The van der Waals surface area contributed by atoms with Crippen molar-refractivity contribution in [2.24, 2.45) is 0 Å². The molecule has 14 heavy (non-hydrogen) atoms. The van der Waals surface area contributed by atoms with Crippen molar-refractivity contribution in [2.75, 3.05) is 0 Å². The highest BCUT2D eigenvalue weighted by atomic mass is 32.2. The largest absolute Gasteiger partial charge is 0.771 e. The molecule has 3 nitrogen and oxygen atoms in total. The molecule has 1 aromatic carbocycles. The van der Waals surface area contributed by atoms with Crippen LogP contribution >= 0.6 is 0 Å². The van der Waals surface area contributed by atoms with Crippen LogP contribution in [0.4, 0.5) is 0 Å². The fourth-order valence-corrected chi connectivity index (χ4v) is 1.89. The van der Waals surface area contributed by atoms with E-state index in [1.54, 1.807) is 25.1 Å². The Morgan fingerprint density at radius 2 is 2.14 bits per heavy atom. The summed E-state index contributed by atoms with van der Waals surface area (Å²) in [6, 6.07) is 7.13. The van der Waals surface area contributed by atoms with Crippen LogP contribution < -0.4 is 0 Å². The lowest BCUT2D eigenvalue weighted by Crippen LogP contribution is -2.05. The zero-order valence-corrected chi connectivity index (χ0v) is 8.80. The van der Waals surface area contributed by atoms with Crippen LogP contribution in [-0.2, 0) is 11.1 Å². The topological polar surface area (TPSA) is 63.9 Å². The Kier molecular flexibility index (Phi) is 3.39. The minimum atomic E-state index is -2.38. The zero-order valence-electron chi connectivity index (χ0n) is 7.98. The van der Waals surface area contributed by atoms with E-state index in [4.69, 9.17) is 5.26 Å². The first-order chi connectivity index (χ1) is 6.56. The van der Waals surface area contributed by atoms with Gasteiger partial charge in [0.15, 0.2) is 0 Å². The van der Waals surface area contributed by atoms with Crippen molar-refractivity contribution >= 4 is 11.1 Å². The molecule has 2 unspecified atom stereocenters. The molecule has 1 rings (SSSR count). The van der Waals surface area contributed by atoms with Crippen molar-refractivity contribution in [1.82, 2.24) is 0 Å². The van der Waals surface area contributed by atoms with Crippen molar-refractivity contribution in [3.8, 4) is 6.07 Å². The number of benzene rings is 1. The third-order valence-corrected chi connectivity index (χ3v) is 2.76. The van der Waals surface area contributed by atoms with E-state index in [1.165, 1.54) is 0 Å². The molecular formula is C10H10NO2S-. The smallest absolute Gasteiger partial charge is 0.133 e. The van der Waals surface area contributed by atoms with E-state index < -0.39 is 16.3 Å². The number of hydrogen-bond acceptors (Lipinski definition) is 3. The predicted molar refractivity (Wildman–Crippen MR) is 53.2 cm³/mol. The summed E-state index contributed by atoms with van der Waals surface area (Å²) in [6.07, 6.45) is 0. The zero-order chi connectivity index (χ0) is 10.7. The Morgan fingerprint density at radius 1 is 1.50 bits per heavy atom. The van der Waals surface area contributed by atoms with Crippen LogP contribution in [0.5, 0.6) is 0 Å². The number of rotatable bonds is 2. The van der Waals surface area contributed by atoms with E-state index in [1.807, 2.05) is 13.0 Å². The first kappa shape index (κ1) is 10.9. The monoisotopic (exact) mass is 208 g/mol. The molecule has 0 aromatic heterocycles. The second-order valence-corrected chi connectivity index (χ2v) is 4.12. The molecule has 0 heterocycles. The lowest BCUT2D eigenvalue weighted by Gasteiger charge is -2.15. The summed E-state index contributed by atoms with van der Waals surface area (Å²) in [6.45, 7) is 3.73. The Labute approximate surface area is 85.7 Å². The summed E-state index contributed by atoms with van der Waals surface area (Å²) in [4.78, 5) is 0. The van der Waals surface area contributed by atoms with Crippen LogP contribution in [0.15, 0.2) is 18.2 Å². The first-order valence-corrected chi connectivity index (χ1v) is 5.25. The third-order valence-electron chi connectivity index (χ3n) is 2.02. The number of aryl methyl sites for hydroxylation is 2. The average Bonchev–Trinajstić information content (AvgIpc) is 2.09. The second-order valence-electron chi connectivity index (χ2n) is 3.13. The molecule has 0 amide bonds. The third kappa shape index (κ3) is 2.19. The van der Waals surface area contributed by atoms with Gasteiger partial charge < -0.3 is 4.55 Å². The molecule has 0 fully saturated rings. The van der Waals surface area contributed by atoms with Crippen LogP contribution in [0.2, 0.25) is 0 Å². The molecule has 0 N–H and O–H groups in total. The van der Waals surface area contributed by atoms with Crippen LogP contribution in [0, 0.1) is 25.2 Å². The molecular weight excluding hydrogens is 198 g/mol. The predicted octanol–water partition coefficient (Wildman–Crippen LogP) is 1.75. The average molecular weight is 208 g/mol. The number of nitrogens with zero attached hydrogens (tertiary/aromatic N) is 1. The number of nitriles is 1. The second kappa shape index (κ2) is 4.36. The highest BCUT2D eigenvalue weighted by Crippen LogP contribution is 2.22. The van der Waals surface area contributed by atoms with Crippen molar-refractivity contribution < 1.29 is 8.76 Å². The first-order valence-electron chi connectivity index (χ1n) is 4.11. The summed E-state index contributed by atoms with van der Waals surface area (Å²) in [7, 11) is 0. The Balaban J connectivity index is 3.19. The number of hydrogen-bond donors (Lipinski definition) is 0. The van der Waals surface area contributed by atoms with Gasteiger partial charge in [0.05, 0.1) is 6.07 Å². The van der Waals surface area contributed by atoms with Crippen LogP contribution in [0.25, 0.3) is 0 Å². The van der Waals surface area contributed by atoms with Gasteiger partial charge in [-0.2, -0.15) is 5.26 Å². The van der Waals surface area contributed by atoms with Gasteiger partial charge >= 0.3 is 0 Å². The molecule has 2 atom stereocenters. The van der Waals surface area contributed by atoms with Gasteiger partial charge in [0.25, 0.3) is 0 Å². The van der Waals surface area contributed by atoms with Crippen LogP contribution in [0.1, 0.15) is 21.9 Å². The molecule has 0 saturated heterocycles. The molecule has 0 radical (unpaired) electrons. The lowest BCUT2D eigenvalue weighted by molar-refractivity contribution is 0.532. The van der Waals surface area contributed by atoms with E-state index in [2.05, 4.69) is 0 Å². The van der Waals surface area contributed by atoms with Crippen molar-refractivity contribution in [1.29, 1.82) is 5.26 Å². The Bertz CT molecular complexity index is 409. The molecule has 4 heteroatoms. The normalized spacial score (nSPS) is 14.4. The summed E-state index contributed by atoms with van der Waals surface area (Å²) < 4.78 is 21.5. The van der Waals surface area contributed by atoms with Gasteiger partial charge in [0.1, 0.15) is 5.25 Å². The van der Waals surface area contributed by atoms with Crippen molar-refractivity contribution in [3.63, 3.8) is 0 Å². The van der Waals surface area contributed by atoms with Crippen molar-refractivity contribution in [2.45, 2.75) is 19.1 Å². The van der Waals surface area contributed by atoms with Gasteiger partial charge in [-0.1, -0.05) is 23.8 Å². The summed E-state index contributed by atoms with van der Waals surface area (Å²) in [5, 5.41) is 7.64. The molecule has 0 spiro atoms. The molecule has 0 bridgehead atoms. The minimum absolute atomic E-state index is 0.562. The molecule has 0 aliphatic carbocycles. The maximum absolute atomic E-state index is 10.7. The minimum Gasteiger partial charge on any atom is -0.771 e. The van der Waals surface area contributed by atoms with Gasteiger partial charge in [-0.15, -0.1) is 0 Å². The fourth-order valence-electron chi connectivity index (χ4n) is 1.34. The van der Waals surface area contributed by atoms with Gasteiger partial charge in [-0.3, -0.25) is 4.21 Å². The van der Waals surface area contributed by atoms with E-state index >= 15 is 0 Å². The fraction of sp³-hybridized carbons (Fsp3) is 0.300. The summed E-state index contributed by atoms with van der Waals surface area (Å²) in [5.41, 5.74) is 2.45. The van der Waals surface area contributed by atoms with Crippen molar-refractivity contribution in [3.05, 3.63) is 34.9 Å². The van der Waals surface area contributed by atoms with E-state index in [9.17, 15) is 8.76 Å². The maximum atomic E-state index is 10.7. The van der Waals surface area contributed by atoms with Crippen LogP contribution in [-0.4, -0.2) is 8.76 Å². The van der Waals surface area contributed by atoms with E-state index in [0.29, 0.717) is 5.56 Å². The van der Waals surface area contributed by atoms with E-state index in [-0.39, 0.29) is 0 Å². The molecule has 1 aromatic rings. The van der Waals surface area contributed by atoms with E-state index in [0.717, 1.165) is 11.1 Å². The summed E-state index contributed by atoms with van der Waals surface area (Å²) >= 11 is -2.38. The van der Waals surface area contributed by atoms with Crippen LogP contribution in [0.3, 0.4) is 0 Å². The highest BCUT2D eigenvalue weighted by molar-refractivity contribution is 7.79. The molecule has 0 aliphatic heterocycles. The quantitative estimate of drug-likeness (QED) is 0.695. The Hall–Kier alpha value is -1.18. The maximum Gasteiger partial charge on any atom is 0.133 e. The van der Waals surface area contributed by atoms with Gasteiger partial charge in [0, 0.05) is 0 Å². The standard InChI is InChI=1S/C10H11NO2S/c1-7-3-4-9(8(2)5-7)10(6-11)14(12)13/h3-5,10H,1-2H3,(H,12,13)/p-1. The van der Waals surface area contributed by atoms with Gasteiger partial charge in [-0.05, 0) is 36.1 Å². The van der Waals surface area contributed by atoms with Gasteiger partial charge in [-0.25, -0.2) is 0 Å². The SMILES string of the molecule is Cc1ccc(C(C#N)S(=O)[O-])c(C)c1.